The van der Waals surface area contributed by atoms with Crippen LogP contribution in [0.2, 0.25) is 0 Å². The van der Waals surface area contributed by atoms with Crippen LogP contribution in [0.1, 0.15) is 30.0 Å². The highest BCUT2D eigenvalue weighted by Gasteiger charge is 2.24. The standard InChI is InChI=1S/C22H23FN4O4S/c1-4-27(5-2)32(29,30)18-10-11-21(31-17-8-6-16(23)7-9-17)19(12-18)26-22(28)20-14-24-15(3)13-25-20/h6-14H,4-5H2,1-3H3,(H,26,28). The van der Waals surface area contributed by atoms with E-state index in [4.69, 9.17) is 4.74 Å². The van der Waals surface area contributed by atoms with Crippen molar-refractivity contribution in [3.05, 3.63) is 72.1 Å². The summed E-state index contributed by atoms with van der Waals surface area (Å²) in [5, 5.41) is 2.64. The Morgan fingerprint density at radius 1 is 1.06 bits per heavy atom. The predicted molar refractivity (Wildman–Crippen MR) is 118 cm³/mol. The van der Waals surface area contributed by atoms with E-state index < -0.39 is 21.7 Å². The number of nitrogens with one attached hydrogen (secondary N) is 1. The number of carbonyl (C=O) groups is 1. The van der Waals surface area contributed by atoms with Crippen LogP contribution < -0.4 is 10.1 Å². The van der Waals surface area contributed by atoms with E-state index in [1.54, 1.807) is 20.8 Å². The van der Waals surface area contributed by atoms with Gasteiger partial charge in [-0.05, 0) is 49.4 Å². The van der Waals surface area contributed by atoms with E-state index in [-0.39, 0.29) is 22.0 Å². The highest BCUT2D eigenvalue weighted by Crippen LogP contribution is 2.33. The Morgan fingerprint density at radius 3 is 2.34 bits per heavy atom. The van der Waals surface area contributed by atoms with Gasteiger partial charge in [0.25, 0.3) is 5.91 Å². The fourth-order valence-electron chi connectivity index (χ4n) is 2.89. The van der Waals surface area contributed by atoms with Crippen molar-refractivity contribution in [2.24, 2.45) is 0 Å². The van der Waals surface area contributed by atoms with Crippen LogP contribution in [-0.2, 0) is 10.0 Å². The first-order chi connectivity index (χ1) is 15.2. The summed E-state index contributed by atoms with van der Waals surface area (Å²) in [6.07, 6.45) is 2.77. The Morgan fingerprint density at radius 2 is 1.75 bits per heavy atom. The van der Waals surface area contributed by atoms with Crippen LogP contribution in [0.5, 0.6) is 11.5 Å². The van der Waals surface area contributed by atoms with Crippen molar-refractivity contribution in [1.29, 1.82) is 0 Å². The molecule has 2 aromatic carbocycles. The van der Waals surface area contributed by atoms with Crippen molar-refractivity contribution in [2.45, 2.75) is 25.7 Å². The lowest BCUT2D eigenvalue weighted by molar-refractivity contribution is 0.102. The molecule has 0 aliphatic heterocycles. The van der Waals surface area contributed by atoms with Crippen LogP contribution in [0.4, 0.5) is 10.1 Å². The maximum atomic E-state index is 13.2. The Balaban J connectivity index is 2.01. The minimum absolute atomic E-state index is 0.00190. The zero-order chi connectivity index (χ0) is 23.3. The molecule has 0 aliphatic rings. The molecule has 168 valence electrons. The molecule has 0 atom stereocenters. The minimum Gasteiger partial charge on any atom is -0.455 e. The lowest BCUT2D eigenvalue weighted by Gasteiger charge is -2.20. The summed E-state index contributed by atoms with van der Waals surface area (Å²) >= 11 is 0. The molecule has 3 rings (SSSR count). The van der Waals surface area contributed by atoms with Crippen LogP contribution in [0.25, 0.3) is 0 Å². The first-order valence-corrected chi connectivity index (χ1v) is 11.4. The maximum Gasteiger partial charge on any atom is 0.275 e. The summed E-state index contributed by atoms with van der Waals surface area (Å²) in [7, 11) is -3.78. The number of hydrogen-bond acceptors (Lipinski definition) is 6. The molecule has 0 bridgehead atoms. The molecular formula is C22H23FN4O4S. The third-order valence-corrected chi connectivity index (χ3v) is 6.64. The fourth-order valence-corrected chi connectivity index (χ4v) is 4.38. The summed E-state index contributed by atoms with van der Waals surface area (Å²) in [6, 6.07) is 9.47. The van der Waals surface area contributed by atoms with E-state index in [0.29, 0.717) is 24.5 Å². The zero-order valence-electron chi connectivity index (χ0n) is 17.9. The van der Waals surface area contributed by atoms with Crippen LogP contribution >= 0.6 is 0 Å². The third kappa shape index (κ3) is 5.27. The largest absolute Gasteiger partial charge is 0.455 e. The molecule has 32 heavy (non-hydrogen) atoms. The normalized spacial score (nSPS) is 11.4. The van der Waals surface area contributed by atoms with Crippen molar-refractivity contribution >= 4 is 21.6 Å². The number of amides is 1. The van der Waals surface area contributed by atoms with Crippen LogP contribution in [-0.4, -0.2) is 41.7 Å². The Bertz CT molecular complexity index is 1200. The quantitative estimate of drug-likeness (QED) is 0.548. The fraction of sp³-hybridized carbons (Fsp3) is 0.227. The lowest BCUT2D eigenvalue weighted by atomic mass is 10.2. The van der Waals surface area contributed by atoms with E-state index in [1.165, 1.54) is 59.2 Å². The van der Waals surface area contributed by atoms with E-state index in [1.807, 2.05) is 0 Å². The maximum absolute atomic E-state index is 13.2. The van der Waals surface area contributed by atoms with Gasteiger partial charge in [0.2, 0.25) is 10.0 Å². The van der Waals surface area contributed by atoms with E-state index in [9.17, 15) is 17.6 Å². The first-order valence-electron chi connectivity index (χ1n) is 9.92. The minimum atomic E-state index is -3.78. The Hall–Kier alpha value is -3.37. The van der Waals surface area contributed by atoms with E-state index in [0.717, 1.165) is 0 Å². The van der Waals surface area contributed by atoms with Gasteiger partial charge in [0, 0.05) is 19.3 Å². The molecule has 0 radical (unpaired) electrons. The second-order valence-corrected chi connectivity index (χ2v) is 8.74. The number of carbonyl (C=O) groups excluding carboxylic acids is 1. The van der Waals surface area contributed by atoms with Gasteiger partial charge < -0.3 is 10.1 Å². The van der Waals surface area contributed by atoms with Crippen molar-refractivity contribution in [1.82, 2.24) is 14.3 Å². The summed E-state index contributed by atoms with van der Waals surface area (Å²) in [5.41, 5.74) is 0.824. The average molecular weight is 459 g/mol. The highest BCUT2D eigenvalue weighted by atomic mass is 32.2. The smallest absolute Gasteiger partial charge is 0.275 e. The number of hydrogen-bond donors (Lipinski definition) is 1. The van der Waals surface area contributed by atoms with Gasteiger partial charge >= 0.3 is 0 Å². The van der Waals surface area contributed by atoms with Gasteiger partial charge in [-0.25, -0.2) is 17.8 Å². The summed E-state index contributed by atoms with van der Waals surface area (Å²) < 4.78 is 46.2. The van der Waals surface area contributed by atoms with Gasteiger partial charge in [0.15, 0.2) is 5.75 Å². The first kappa shape index (κ1) is 23.3. The van der Waals surface area contributed by atoms with E-state index in [2.05, 4.69) is 15.3 Å². The molecule has 1 amide bonds. The van der Waals surface area contributed by atoms with Crippen molar-refractivity contribution in [3.63, 3.8) is 0 Å². The van der Waals surface area contributed by atoms with Crippen LogP contribution in [0.15, 0.2) is 59.8 Å². The molecule has 8 nitrogen and oxygen atoms in total. The van der Waals surface area contributed by atoms with Gasteiger partial charge in [-0.3, -0.25) is 9.78 Å². The molecular weight excluding hydrogens is 435 g/mol. The average Bonchev–Trinajstić information content (AvgIpc) is 2.77. The molecule has 0 spiro atoms. The number of ether oxygens (including phenoxy) is 1. The number of benzene rings is 2. The Labute approximate surface area is 186 Å². The van der Waals surface area contributed by atoms with Crippen molar-refractivity contribution < 1.29 is 22.3 Å². The number of aromatic nitrogens is 2. The van der Waals surface area contributed by atoms with Gasteiger partial charge in [-0.2, -0.15) is 4.31 Å². The summed E-state index contributed by atoms with van der Waals surface area (Å²) in [6.45, 7) is 5.82. The highest BCUT2D eigenvalue weighted by molar-refractivity contribution is 7.89. The molecule has 0 aliphatic carbocycles. The monoisotopic (exact) mass is 458 g/mol. The topological polar surface area (TPSA) is 101 Å². The van der Waals surface area contributed by atoms with Crippen molar-refractivity contribution in [2.75, 3.05) is 18.4 Å². The lowest BCUT2D eigenvalue weighted by Crippen LogP contribution is -2.30. The summed E-state index contributed by atoms with van der Waals surface area (Å²) in [4.78, 5) is 20.8. The number of aryl methyl sites for hydroxylation is 1. The molecule has 10 heteroatoms. The molecule has 0 unspecified atom stereocenters. The number of sulfonamides is 1. The van der Waals surface area contributed by atoms with Gasteiger partial charge in [-0.1, -0.05) is 13.8 Å². The molecule has 0 saturated carbocycles. The van der Waals surface area contributed by atoms with Gasteiger partial charge in [0.05, 0.1) is 22.5 Å². The summed E-state index contributed by atoms with van der Waals surface area (Å²) in [5.74, 6) is -0.511. The molecule has 3 aromatic rings. The zero-order valence-corrected chi connectivity index (χ0v) is 18.7. The third-order valence-electron chi connectivity index (χ3n) is 4.60. The number of anilines is 1. The molecule has 1 N–H and O–H groups in total. The molecule has 0 fully saturated rings. The predicted octanol–water partition coefficient (Wildman–Crippen LogP) is 4.00. The van der Waals surface area contributed by atoms with Crippen molar-refractivity contribution in [3.8, 4) is 11.5 Å². The van der Waals surface area contributed by atoms with Gasteiger partial charge in [0.1, 0.15) is 17.3 Å². The number of halogens is 1. The van der Waals surface area contributed by atoms with Gasteiger partial charge in [-0.15, -0.1) is 0 Å². The second-order valence-electron chi connectivity index (χ2n) is 6.80. The van der Waals surface area contributed by atoms with E-state index >= 15 is 0 Å². The SMILES string of the molecule is CCN(CC)S(=O)(=O)c1ccc(Oc2ccc(F)cc2)c(NC(=O)c2cnc(C)cn2)c1. The molecule has 1 heterocycles. The molecule has 1 aromatic heterocycles. The number of nitrogens with zero attached hydrogens (tertiary/aromatic N) is 3. The van der Waals surface area contributed by atoms with Crippen LogP contribution in [0.3, 0.4) is 0 Å². The number of rotatable bonds is 8. The molecule has 0 saturated heterocycles. The second kappa shape index (κ2) is 9.84. The Kier molecular flexibility index (Phi) is 7.16. The van der Waals surface area contributed by atoms with Crippen LogP contribution in [0, 0.1) is 12.7 Å².